The van der Waals surface area contributed by atoms with Crippen LogP contribution in [0.2, 0.25) is 0 Å². The first-order valence-corrected chi connectivity index (χ1v) is 14.9. The van der Waals surface area contributed by atoms with Crippen LogP contribution >= 0.6 is 0 Å². The monoisotopic (exact) mass is 642 g/mol. The van der Waals surface area contributed by atoms with Gasteiger partial charge in [0.1, 0.15) is 6.61 Å². The zero-order chi connectivity index (χ0) is 32.2. The van der Waals surface area contributed by atoms with E-state index >= 15 is 0 Å². The van der Waals surface area contributed by atoms with Crippen molar-refractivity contribution in [2.45, 2.75) is 13.3 Å². The average Bonchev–Trinajstić information content (AvgIpc) is 3.00. The molecule has 0 aromatic carbocycles. The summed E-state index contributed by atoms with van der Waals surface area (Å²) in [4.78, 5) is 21.5. The molecule has 15 heteroatoms. The fraction of sp³-hybridized carbons (Fsp3) is 0.862. The predicted molar refractivity (Wildman–Crippen MR) is 157 cm³/mol. The number of rotatable bonds is 37. The molecule has 0 unspecified atom stereocenters. The molecule has 0 saturated carbocycles. The van der Waals surface area contributed by atoms with Crippen LogP contribution in [0.25, 0.3) is 0 Å². The quantitative estimate of drug-likeness (QED) is 0.0573. The number of hydrogen-bond donors (Lipinski definition) is 1. The molecule has 0 fully saturated rings. The van der Waals surface area contributed by atoms with Crippen molar-refractivity contribution < 1.29 is 71.5 Å². The Labute approximate surface area is 261 Å². The molecular formula is C29H54O15. The van der Waals surface area contributed by atoms with E-state index in [1.165, 1.54) is 0 Å². The zero-order valence-corrected chi connectivity index (χ0v) is 26.3. The van der Waals surface area contributed by atoms with Crippen LogP contribution in [0.5, 0.6) is 0 Å². The van der Waals surface area contributed by atoms with Crippen molar-refractivity contribution >= 4 is 11.9 Å². The molecule has 0 spiro atoms. The van der Waals surface area contributed by atoms with Gasteiger partial charge >= 0.3 is 11.9 Å². The van der Waals surface area contributed by atoms with Crippen molar-refractivity contribution in [1.82, 2.24) is 0 Å². The highest BCUT2D eigenvalue weighted by Crippen LogP contribution is 1.92. The number of hydrogen-bond acceptors (Lipinski definition) is 14. The second-order valence-electron chi connectivity index (χ2n) is 8.80. The maximum absolute atomic E-state index is 11.2. The number of carboxylic acid groups (broad SMARTS) is 1. The van der Waals surface area contributed by atoms with Crippen molar-refractivity contribution in [2.24, 2.45) is 0 Å². The minimum Gasteiger partial charge on any atom is -0.481 e. The fourth-order valence-corrected chi connectivity index (χ4v) is 2.78. The van der Waals surface area contributed by atoms with E-state index in [0.29, 0.717) is 144 Å². The van der Waals surface area contributed by atoms with Crippen molar-refractivity contribution in [3.05, 3.63) is 12.2 Å². The molecule has 1 N–H and O–H groups in total. The van der Waals surface area contributed by atoms with Crippen molar-refractivity contribution in [2.75, 3.05) is 152 Å². The van der Waals surface area contributed by atoms with Gasteiger partial charge in [0, 0.05) is 5.57 Å². The maximum atomic E-state index is 11.2. The summed E-state index contributed by atoms with van der Waals surface area (Å²) in [5.74, 6) is -1.30. The van der Waals surface area contributed by atoms with E-state index in [1.54, 1.807) is 6.92 Å². The number of carboxylic acids is 1. The normalized spacial score (nSPS) is 11.2. The van der Waals surface area contributed by atoms with Gasteiger partial charge in [-0.25, -0.2) is 4.79 Å². The fourth-order valence-electron chi connectivity index (χ4n) is 2.78. The molecule has 15 nitrogen and oxygen atoms in total. The molecule has 260 valence electrons. The predicted octanol–water partition coefficient (Wildman–Crippen LogP) is 0.763. The Morgan fingerprint density at radius 1 is 0.409 bits per heavy atom. The van der Waals surface area contributed by atoms with E-state index in [1.807, 2.05) is 0 Å². The molecular weight excluding hydrogens is 588 g/mol. The van der Waals surface area contributed by atoms with Gasteiger partial charge in [-0.2, -0.15) is 0 Å². The van der Waals surface area contributed by atoms with E-state index in [2.05, 4.69) is 6.58 Å². The molecule has 0 saturated heterocycles. The third kappa shape index (κ3) is 36.4. The van der Waals surface area contributed by atoms with Gasteiger partial charge in [0.2, 0.25) is 0 Å². The van der Waals surface area contributed by atoms with Crippen LogP contribution in [0.3, 0.4) is 0 Å². The van der Waals surface area contributed by atoms with Crippen molar-refractivity contribution in [3.63, 3.8) is 0 Å². The average molecular weight is 643 g/mol. The van der Waals surface area contributed by atoms with Crippen LogP contribution in [0.15, 0.2) is 12.2 Å². The molecule has 0 aliphatic carbocycles. The van der Waals surface area contributed by atoms with Crippen LogP contribution in [0.1, 0.15) is 13.3 Å². The third-order valence-electron chi connectivity index (χ3n) is 4.99. The van der Waals surface area contributed by atoms with Crippen LogP contribution in [-0.4, -0.2) is 169 Å². The first-order chi connectivity index (χ1) is 21.5. The van der Waals surface area contributed by atoms with E-state index in [9.17, 15) is 9.59 Å². The van der Waals surface area contributed by atoms with Crippen LogP contribution in [0, 0.1) is 0 Å². The van der Waals surface area contributed by atoms with Gasteiger partial charge in [0.15, 0.2) is 0 Å². The van der Waals surface area contributed by atoms with Gasteiger partial charge in [0.05, 0.1) is 152 Å². The van der Waals surface area contributed by atoms with Gasteiger partial charge in [-0.3, -0.25) is 4.79 Å². The summed E-state index contributed by atoms with van der Waals surface area (Å²) in [5, 5.41) is 8.48. The number of carbonyl (C=O) groups is 2. The second-order valence-corrected chi connectivity index (χ2v) is 8.80. The lowest BCUT2D eigenvalue weighted by atomic mass is 10.4. The van der Waals surface area contributed by atoms with Gasteiger partial charge in [-0.1, -0.05) is 6.58 Å². The summed E-state index contributed by atoms with van der Waals surface area (Å²) in [6.45, 7) is 15.0. The highest BCUT2D eigenvalue weighted by molar-refractivity contribution is 5.86. The van der Waals surface area contributed by atoms with E-state index in [4.69, 9.17) is 61.9 Å². The Morgan fingerprint density at radius 2 is 0.614 bits per heavy atom. The van der Waals surface area contributed by atoms with Crippen LogP contribution in [-0.2, 0) is 66.4 Å². The largest absolute Gasteiger partial charge is 0.481 e. The molecule has 0 aromatic heterocycles. The highest BCUT2D eigenvalue weighted by atomic mass is 16.6. The van der Waals surface area contributed by atoms with Gasteiger partial charge < -0.3 is 61.9 Å². The SMILES string of the molecule is C=C(C)C(=O)OCCOCCOCCOCCOCCOCCOCCOCCOCCOCCOCCOCCC(=O)O. The van der Waals surface area contributed by atoms with E-state index in [0.717, 1.165) is 0 Å². The summed E-state index contributed by atoms with van der Waals surface area (Å²) >= 11 is 0. The lowest BCUT2D eigenvalue weighted by Gasteiger charge is -2.09. The smallest absolute Gasteiger partial charge is 0.333 e. The van der Waals surface area contributed by atoms with Gasteiger partial charge in [-0.05, 0) is 6.92 Å². The number of ether oxygens (including phenoxy) is 12. The lowest BCUT2D eigenvalue weighted by Crippen LogP contribution is -2.15. The summed E-state index contributed by atoms with van der Waals surface area (Å²) in [6.07, 6.45) is -0.00591. The topological polar surface area (TPSA) is 165 Å². The molecule has 0 rings (SSSR count). The Kier molecular flexibility index (Phi) is 34.3. The van der Waals surface area contributed by atoms with Crippen molar-refractivity contribution in [1.29, 1.82) is 0 Å². The Morgan fingerprint density at radius 3 is 0.818 bits per heavy atom. The molecule has 0 heterocycles. The molecule has 44 heavy (non-hydrogen) atoms. The second kappa shape index (κ2) is 35.7. The number of aliphatic carboxylic acids is 1. The molecule has 0 atom stereocenters. The molecule has 0 aliphatic heterocycles. The summed E-state index contributed by atoms with van der Waals surface area (Å²) in [6, 6.07) is 0. The first kappa shape index (κ1) is 42.2. The standard InChI is InChI=1S/C29H54O15/c1-27(2)29(32)44-26-25-43-24-23-42-22-21-41-20-19-40-18-17-39-16-15-38-14-13-37-12-11-36-10-9-35-8-7-34-6-5-33-4-3-28(30)31/h1,3-26H2,2H3,(H,30,31). The van der Waals surface area contributed by atoms with Gasteiger partial charge in [-0.15, -0.1) is 0 Å². The lowest BCUT2D eigenvalue weighted by molar-refractivity contribution is -0.141. The molecule has 0 bridgehead atoms. The number of carbonyl (C=O) groups excluding carboxylic acids is 1. The van der Waals surface area contributed by atoms with E-state index < -0.39 is 11.9 Å². The Bertz CT molecular complexity index is 650. The maximum Gasteiger partial charge on any atom is 0.333 e. The molecule has 0 aromatic rings. The van der Waals surface area contributed by atoms with E-state index in [-0.39, 0.29) is 19.6 Å². The summed E-state index contributed by atoms with van der Waals surface area (Å²) in [5.41, 5.74) is 0.365. The van der Waals surface area contributed by atoms with Crippen LogP contribution < -0.4 is 0 Å². The molecule has 0 radical (unpaired) electrons. The van der Waals surface area contributed by atoms with Crippen molar-refractivity contribution in [3.8, 4) is 0 Å². The first-order valence-electron chi connectivity index (χ1n) is 14.9. The summed E-state index contributed by atoms with van der Waals surface area (Å²) < 4.78 is 64.0. The number of esters is 1. The molecule has 0 amide bonds. The Hall–Kier alpha value is -1.76. The highest BCUT2D eigenvalue weighted by Gasteiger charge is 2.02. The van der Waals surface area contributed by atoms with Crippen LogP contribution in [0.4, 0.5) is 0 Å². The zero-order valence-electron chi connectivity index (χ0n) is 26.3. The summed E-state index contributed by atoms with van der Waals surface area (Å²) in [7, 11) is 0. The minimum atomic E-state index is -0.878. The minimum absolute atomic E-state index is 0.00591. The van der Waals surface area contributed by atoms with Gasteiger partial charge in [0.25, 0.3) is 0 Å². The Balaban J connectivity index is 3.07. The molecule has 0 aliphatic rings. The third-order valence-corrected chi connectivity index (χ3v) is 4.99.